The molecule has 0 aliphatic heterocycles. The van der Waals surface area contributed by atoms with Crippen molar-refractivity contribution in [1.82, 2.24) is 14.8 Å². The quantitative estimate of drug-likeness (QED) is 0.661. The van der Waals surface area contributed by atoms with Gasteiger partial charge in [0.05, 0.1) is 7.11 Å². The molecule has 0 amide bonds. The molecule has 5 nitrogen and oxygen atoms in total. The molecule has 0 aliphatic rings. The van der Waals surface area contributed by atoms with E-state index in [4.69, 9.17) is 10.5 Å². The number of nitrogens with zero attached hydrogens (tertiary/aromatic N) is 3. The van der Waals surface area contributed by atoms with Crippen LogP contribution < -0.4 is 10.5 Å². The summed E-state index contributed by atoms with van der Waals surface area (Å²) in [6, 6.07) is 5.67. The molecular weight excluding hydrogens is 236 g/mol. The van der Waals surface area contributed by atoms with E-state index in [1.807, 2.05) is 25.2 Å². The van der Waals surface area contributed by atoms with E-state index in [1.54, 1.807) is 29.9 Å². The normalized spacial score (nSPS) is 10.5. The van der Waals surface area contributed by atoms with Gasteiger partial charge in [0, 0.05) is 30.1 Å². The van der Waals surface area contributed by atoms with E-state index in [0.29, 0.717) is 5.69 Å². The third-order valence-corrected chi connectivity index (χ3v) is 3.42. The van der Waals surface area contributed by atoms with Gasteiger partial charge in [-0.3, -0.25) is 0 Å². The molecule has 0 unspecified atom stereocenters. The van der Waals surface area contributed by atoms with Gasteiger partial charge in [0.2, 0.25) is 0 Å². The molecule has 1 aromatic carbocycles. The Labute approximate surface area is 104 Å². The second kappa shape index (κ2) is 5.09. The van der Waals surface area contributed by atoms with Crippen LogP contribution in [0.4, 0.5) is 5.69 Å². The van der Waals surface area contributed by atoms with Gasteiger partial charge in [0.1, 0.15) is 12.1 Å². The topological polar surface area (TPSA) is 66.0 Å². The summed E-state index contributed by atoms with van der Waals surface area (Å²) in [6.45, 7) is 0. The molecule has 0 spiro atoms. The maximum Gasteiger partial charge on any atom is 0.186 e. The lowest BCUT2D eigenvalue weighted by atomic mass is 10.2. The zero-order chi connectivity index (χ0) is 12.3. The van der Waals surface area contributed by atoms with Crippen molar-refractivity contribution in [2.75, 3.05) is 12.8 Å². The van der Waals surface area contributed by atoms with Crippen LogP contribution in [0.15, 0.2) is 29.7 Å². The monoisotopic (exact) mass is 250 g/mol. The van der Waals surface area contributed by atoms with Crippen LogP contribution in [0.5, 0.6) is 5.75 Å². The van der Waals surface area contributed by atoms with Crippen LogP contribution >= 0.6 is 11.8 Å². The summed E-state index contributed by atoms with van der Waals surface area (Å²) >= 11 is 1.61. The average molecular weight is 250 g/mol. The molecule has 17 heavy (non-hydrogen) atoms. The lowest BCUT2D eigenvalue weighted by Crippen LogP contribution is -1.96. The van der Waals surface area contributed by atoms with E-state index in [0.717, 1.165) is 22.2 Å². The molecule has 0 atom stereocenters. The van der Waals surface area contributed by atoms with Crippen molar-refractivity contribution >= 4 is 17.4 Å². The molecular formula is C11H14N4OS. The number of hydrogen-bond donors (Lipinski definition) is 1. The Kier molecular flexibility index (Phi) is 3.53. The number of hydrogen-bond acceptors (Lipinski definition) is 5. The minimum Gasteiger partial charge on any atom is -0.496 e. The van der Waals surface area contributed by atoms with Crippen LogP contribution in [0.25, 0.3) is 0 Å². The first-order valence-corrected chi connectivity index (χ1v) is 6.08. The highest BCUT2D eigenvalue weighted by atomic mass is 32.2. The van der Waals surface area contributed by atoms with Crippen molar-refractivity contribution in [1.29, 1.82) is 0 Å². The third-order valence-electron chi connectivity index (χ3n) is 2.34. The first-order chi connectivity index (χ1) is 8.20. The summed E-state index contributed by atoms with van der Waals surface area (Å²) in [4.78, 5) is 4.15. The fourth-order valence-electron chi connectivity index (χ4n) is 1.44. The number of benzene rings is 1. The number of nitrogens with two attached hydrogens (primary N) is 1. The number of nitrogen functional groups attached to an aromatic ring is 1. The number of aromatic nitrogens is 3. The first-order valence-electron chi connectivity index (χ1n) is 5.10. The second-order valence-electron chi connectivity index (χ2n) is 3.53. The van der Waals surface area contributed by atoms with Crippen LogP contribution in [0.2, 0.25) is 0 Å². The van der Waals surface area contributed by atoms with E-state index in [-0.39, 0.29) is 0 Å². The summed E-state index contributed by atoms with van der Waals surface area (Å²) in [5, 5.41) is 4.90. The highest BCUT2D eigenvalue weighted by Crippen LogP contribution is 2.28. The standard InChI is InChI=1S/C11H14N4OS/c1-15-11(13-7-14-15)17-6-8-3-4-9(12)5-10(8)16-2/h3-5,7H,6,12H2,1-2H3. The van der Waals surface area contributed by atoms with Crippen LogP contribution in [0, 0.1) is 0 Å². The van der Waals surface area contributed by atoms with E-state index < -0.39 is 0 Å². The number of ether oxygens (including phenoxy) is 1. The maximum atomic E-state index is 5.70. The summed E-state index contributed by atoms with van der Waals surface area (Å²) in [6.07, 6.45) is 1.54. The predicted octanol–water partition coefficient (Wildman–Crippen LogP) is 1.70. The lowest BCUT2D eigenvalue weighted by Gasteiger charge is -2.08. The lowest BCUT2D eigenvalue weighted by molar-refractivity contribution is 0.411. The van der Waals surface area contributed by atoms with Crippen LogP contribution in [-0.4, -0.2) is 21.9 Å². The Morgan fingerprint density at radius 3 is 2.94 bits per heavy atom. The summed E-state index contributed by atoms with van der Waals surface area (Å²) in [5.74, 6) is 1.58. The SMILES string of the molecule is COc1cc(N)ccc1CSc1ncnn1C. The van der Waals surface area contributed by atoms with Gasteiger partial charge in [-0.15, -0.1) is 0 Å². The number of methoxy groups -OCH3 is 1. The second-order valence-corrected chi connectivity index (χ2v) is 4.47. The van der Waals surface area contributed by atoms with Gasteiger partial charge in [-0.2, -0.15) is 5.10 Å². The molecule has 0 fully saturated rings. The molecule has 0 radical (unpaired) electrons. The number of rotatable bonds is 4. The van der Waals surface area contributed by atoms with Gasteiger partial charge in [-0.25, -0.2) is 9.67 Å². The molecule has 6 heteroatoms. The van der Waals surface area contributed by atoms with Crippen molar-refractivity contribution in [3.8, 4) is 5.75 Å². The van der Waals surface area contributed by atoms with E-state index in [2.05, 4.69) is 10.1 Å². The van der Waals surface area contributed by atoms with E-state index in [9.17, 15) is 0 Å². The fourth-order valence-corrected chi connectivity index (χ4v) is 2.32. The van der Waals surface area contributed by atoms with Crippen LogP contribution in [-0.2, 0) is 12.8 Å². The largest absolute Gasteiger partial charge is 0.496 e. The molecule has 90 valence electrons. The van der Waals surface area contributed by atoms with Crippen molar-refractivity contribution in [2.24, 2.45) is 7.05 Å². The number of anilines is 1. The minimum absolute atomic E-state index is 0.703. The predicted molar refractivity (Wildman–Crippen MR) is 68.0 cm³/mol. The van der Waals surface area contributed by atoms with Gasteiger partial charge < -0.3 is 10.5 Å². The highest BCUT2D eigenvalue weighted by Gasteiger charge is 2.06. The van der Waals surface area contributed by atoms with Gasteiger partial charge in [0.25, 0.3) is 0 Å². The molecule has 0 saturated heterocycles. The molecule has 1 heterocycles. The smallest absolute Gasteiger partial charge is 0.186 e. The van der Waals surface area contributed by atoms with Gasteiger partial charge in [-0.1, -0.05) is 17.8 Å². The molecule has 2 aromatic rings. The Hall–Kier alpha value is -1.69. The van der Waals surface area contributed by atoms with Crippen molar-refractivity contribution < 1.29 is 4.74 Å². The fraction of sp³-hybridized carbons (Fsp3) is 0.273. The van der Waals surface area contributed by atoms with E-state index in [1.165, 1.54) is 0 Å². The number of aryl methyl sites for hydroxylation is 1. The van der Waals surface area contributed by atoms with Crippen LogP contribution in [0.1, 0.15) is 5.56 Å². The molecule has 2 N–H and O–H groups in total. The minimum atomic E-state index is 0.703. The van der Waals surface area contributed by atoms with E-state index >= 15 is 0 Å². The Morgan fingerprint density at radius 2 is 2.29 bits per heavy atom. The Balaban J connectivity index is 2.11. The van der Waals surface area contributed by atoms with Gasteiger partial charge in [0.15, 0.2) is 5.16 Å². The molecule has 0 saturated carbocycles. The summed E-state index contributed by atoms with van der Waals surface area (Å²) in [7, 11) is 3.51. The molecule has 2 rings (SSSR count). The average Bonchev–Trinajstić information content (AvgIpc) is 2.73. The first kappa shape index (κ1) is 11.8. The molecule has 0 aliphatic carbocycles. The zero-order valence-corrected chi connectivity index (χ0v) is 10.6. The van der Waals surface area contributed by atoms with Crippen molar-refractivity contribution in [2.45, 2.75) is 10.9 Å². The zero-order valence-electron chi connectivity index (χ0n) is 9.75. The van der Waals surface area contributed by atoms with Gasteiger partial charge in [-0.05, 0) is 6.07 Å². The highest BCUT2D eigenvalue weighted by molar-refractivity contribution is 7.98. The summed E-state index contributed by atoms with van der Waals surface area (Å²) in [5.41, 5.74) is 7.50. The molecule has 1 aromatic heterocycles. The summed E-state index contributed by atoms with van der Waals surface area (Å²) < 4.78 is 7.03. The van der Waals surface area contributed by atoms with Crippen molar-refractivity contribution in [3.63, 3.8) is 0 Å². The third kappa shape index (κ3) is 2.71. The Morgan fingerprint density at radius 1 is 1.47 bits per heavy atom. The molecule has 0 bridgehead atoms. The van der Waals surface area contributed by atoms with Crippen molar-refractivity contribution in [3.05, 3.63) is 30.1 Å². The van der Waals surface area contributed by atoms with Gasteiger partial charge >= 0.3 is 0 Å². The number of thioether (sulfide) groups is 1. The maximum absolute atomic E-state index is 5.70. The Bertz CT molecular complexity index is 512. The van der Waals surface area contributed by atoms with Crippen LogP contribution in [0.3, 0.4) is 0 Å².